The highest BCUT2D eigenvalue weighted by molar-refractivity contribution is 6.31. The molecule has 0 aliphatic carbocycles. The number of nitrogens with zero attached hydrogens (tertiary/aromatic N) is 2. The topological polar surface area (TPSA) is 29.9 Å². The maximum Gasteiger partial charge on any atom is 0.123 e. The summed E-state index contributed by atoms with van der Waals surface area (Å²) >= 11 is 6.01. The number of nitrogens with one attached hydrogen (secondary N) is 1. The van der Waals surface area contributed by atoms with Gasteiger partial charge in [-0.1, -0.05) is 11.6 Å². The minimum Gasteiger partial charge on any atom is -0.306 e. The number of hydrogen-bond acceptors (Lipinski definition) is 2. The molecule has 3 nitrogen and oxygen atoms in total. The lowest BCUT2D eigenvalue weighted by atomic mass is 10.1. The summed E-state index contributed by atoms with van der Waals surface area (Å²) in [5.74, 6) is -0.273. The van der Waals surface area contributed by atoms with Crippen molar-refractivity contribution < 1.29 is 4.39 Å². The molecule has 0 fully saturated rings. The molecule has 0 aliphatic heterocycles. The number of aromatic nitrogens is 2. The van der Waals surface area contributed by atoms with Crippen molar-refractivity contribution in [1.29, 1.82) is 0 Å². The van der Waals surface area contributed by atoms with Gasteiger partial charge in [-0.2, -0.15) is 5.10 Å². The van der Waals surface area contributed by atoms with Crippen LogP contribution in [0.5, 0.6) is 0 Å². The van der Waals surface area contributed by atoms with Gasteiger partial charge in [-0.3, -0.25) is 4.68 Å². The smallest absolute Gasteiger partial charge is 0.123 e. The van der Waals surface area contributed by atoms with E-state index in [1.54, 1.807) is 10.7 Å². The molecule has 0 spiro atoms. The molecule has 1 aromatic heterocycles. The van der Waals surface area contributed by atoms with Gasteiger partial charge in [-0.25, -0.2) is 4.39 Å². The zero-order chi connectivity index (χ0) is 13.1. The minimum atomic E-state index is -0.273. The van der Waals surface area contributed by atoms with E-state index in [-0.39, 0.29) is 11.9 Å². The highest BCUT2D eigenvalue weighted by Gasteiger charge is 2.08. The maximum absolute atomic E-state index is 13.1. The maximum atomic E-state index is 13.1. The normalized spacial score (nSPS) is 12.7. The Balaban J connectivity index is 2.01. The first-order valence-corrected chi connectivity index (χ1v) is 6.10. The summed E-state index contributed by atoms with van der Waals surface area (Å²) in [4.78, 5) is 0. The van der Waals surface area contributed by atoms with Crippen LogP contribution in [0.3, 0.4) is 0 Å². The summed E-state index contributed by atoms with van der Waals surface area (Å²) < 4.78 is 14.9. The van der Waals surface area contributed by atoms with Crippen LogP contribution in [0.1, 0.15) is 24.1 Å². The molecule has 1 aromatic carbocycles. The Morgan fingerprint density at radius 3 is 2.94 bits per heavy atom. The molecule has 18 heavy (non-hydrogen) atoms. The monoisotopic (exact) mass is 267 g/mol. The largest absolute Gasteiger partial charge is 0.306 e. The molecule has 0 bridgehead atoms. The van der Waals surface area contributed by atoms with E-state index in [1.165, 1.54) is 12.1 Å². The second-order valence-electron chi connectivity index (χ2n) is 4.29. The van der Waals surface area contributed by atoms with Gasteiger partial charge in [-0.05, 0) is 30.7 Å². The molecule has 96 valence electrons. The first-order chi connectivity index (χ1) is 8.56. The lowest BCUT2D eigenvalue weighted by Gasteiger charge is -2.12. The minimum absolute atomic E-state index is 0.137. The third-order valence-corrected chi connectivity index (χ3v) is 3.20. The molecule has 1 atom stereocenters. The molecular weight excluding hydrogens is 253 g/mol. The van der Waals surface area contributed by atoms with E-state index < -0.39 is 0 Å². The highest BCUT2D eigenvalue weighted by Crippen LogP contribution is 2.18. The molecule has 0 aliphatic rings. The van der Waals surface area contributed by atoms with Gasteiger partial charge in [-0.15, -0.1) is 0 Å². The number of hydrogen-bond donors (Lipinski definition) is 1. The van der Waals surface area contributed by atoms with Gasteiger partial charge in [0.05, 0.1) is 6.20 Å². The molecule has 1 N–H and O–H groups in total. The number of aryl methyl sites for hydroxylation is 1. The van der Waals surface area contributed by atoms with E-state index >= 15 is 0 Å². The van der Waals surface area contributed by atoms with Crippen molar-refractivity contribution >= 4 is 11.6 Å². The van der Waals surface area contributed by atoms with Crippen molar-refractivity contribution in [2.24, 2.45) is 7.05 Å². The standard InChI is InChI=1S/C13H15ClFN3/c1-9(11-7-17-18(2)8-11)16-6-10-5-12(15)3-4-13(10)14/h3-5,7-9,16H,6H2,1-2H3. The van der Waals surface area contributed by atoms with Gasteiger partial charge < -0.3 is 5.32 Å². The number of benzene rings is 1. The summed E-state index contributed by atoms with van der Waals surface area (Å²) in [5.41, 5.74) is 1.84. The average molecular weight is 268 g/mol. The van der Waals surface area contributed by atoms with Crippen LogP contribution < -0.4 is 5.32 Å². The summed E-state index contributed by atoms with van der Waals surface area (Å²) in [6.07, 6.45) is 3.76. The quantitative estimate of drug-likeness (QED) is 0.923. The van der Waals surface area contributed by atoms with E-state index in [2.05, 4.69) is 10.4 Å². The van der Waals surface area contributed by atoms with Gasteiger partial charge in [0.25, 0.3) is 0 Å². The van der Waals surface area contributed by atoms with Crippen LogP contribution in [0, 0.1) is 5.82 Å². The molecule has 2 rings (SSSR count). The fraction of sp³-hybridized carbons (Fsp3) is 0.308. The van der Waals surface area contributed by atoms with Crippen molar-refractivity contribution in [3.8, 4) is 0 Å². The lowest BCUT2D eigenvalue weighted by Crippen LogP contribution is -2.18. The van der Waals surface area contributed by atoms with E-state index in [0.29, 0.717) is 11.6 Å². The molecular formula is C13H15ClFN3. The van der Waals surface area contributed by atoms with Crippen molar-refractivity contribution in [3.63, 3.8) is 0 Å². The zero-order valence-corrected chi connectivity index (χ0v) is 11.1. The van der Waals surface area contributed by atoms with Crippen molar-refractivity contribution in [1.82, 2.24) is 15.1 Å². The van der Waals surface area contributed by atoms with Crippen molar-refractivity contribution in [3.05, 3.63) is 52.6 Å². The van der Waals surface area contributed by atoms with Gasteiger partial charge in [0.2, 0.25) is 0 Å². The van der Waals surface area contributed by atoms with Crippen molar-refractivity contribution in [2.75, 3.05) is 0 Å². The Hall–Kier alpha value is -1.39. The Kier molecular flexibility index (Phi) is 3.99. The number of rotatable bonds is 4. The van der Waals surface area contributed by atoms with E-state index in [1.807, 2.05) is 26.4 Å². The first kappa shape index (κ1) is 13.1. The fourth-order valence-corrected chi connectivity index (χ4v) is 1.91. The Morgan fingerprint density at radius 2 is 2.28 bits per heavy atom. The molecule has 0 radical (unpaired) electrons. The average Bonchev–Trinajstić information content (AvgIpc) is 2.77. The first-order valence-electron chi connectivity index (χ1n) is 5.72. The SMILES string of the molecule is CC(NCc1cc(F)ccc1Cl)c1cnn(C)c1. The molecule has 1 heterocycles. The van der Waals surface area contributed by atoms with Crippen LogP contribution in [0.25, 0.3) is 0 Å². The van der Waals surface area contributed by atoms with Crippen LogP contribution in [0.4, 0.5) is 4.39 Å². The fourth-order valence-electron chi connectivity index (χ4n) is 1.72. The summed E-state index contributed by atoms with van der Waals surface area (Å²) in [5, 5.41) is 7.98. The summed E-state index contributed by atoms with van der Waals surface area (Å²) in [7, 11) is 1.87. The molecule has 1 unspecified atom stereocenters. The van der Waals surface area contributed by atoms with Crippen LogP contribution in [-0.4, -0.2) is 9.78 Å². The summed E-state index contributed by atoms with van der Waals surface area (Å²) in [6.45, 7) is 2.55. The van der Waals surface area contributed by atoms with Crippen LogP contribution >= 0.6 is 11.6 Å². The highest BCUT2D eigenvalue weighted by atomic mass is 35.5. The van der Waals surface area contributed by atoms with Gasteiger partial charge in [0, 0.05) is 36.4 Å². The second-order valence-corrected chi connectivity index (χ2v) is 4.69. The molecule has 0 amide bonds. The second kappa shape index (κ2) is 5.50. The molecule has 2 aromatic rings. The van der Waals surface area contributed by atoms with Gasteiger partial charge in [0.1, 0.15) is 5.82 Å². The van der Waals surface area contributed by atoms with Crippen molar-refractivity contribution in [2.45, 2.75) is 19.5 Å². The van der Waals surface area contributed by atoms with Crippen LogP contribution in [-0.2, 0) is 13.6 Å². The predicted molar refractivity (Wildman–Crippen MR) is 69.9 cm³/mol. The van der Waals surface area contributed by atoms with E-state index in [9.17, 15) is 4.39 Å². The number of halogens is 2. The molecule has 5 heteroatoms. The molecule has 0 saturated carbocycles. The Morgan fingerprint density at radius 1 is 1.50 bits per heavy atom. The zero-order valence-electron chi connectivity index (χ0n) is 10.3. The van der Waals surface area contributed by atoms with E-state index in [4.69, 9.17) is 11.6 Å². The predicted octanol–water partition coefficient (Wildman–Crippen LogP) is 3.06. The van der Waals surface area contributed by atoms with E-state index in [0.717, 1.165) is 11.1 Å². The van der Waals surface area contributed by atoms with Crippen LogP contribution in [0.2, 0.25) is 5.02 Å². The Bertz CT molecular complexity index is 539. The molecule has 0 saturated heterocycles. The third-order valence-electron chi connectivity index (χ3n) is 2.83. The summed E-state index contributed by atoms with van der Waals surface area (Å²) in [6, 6.07) is 4.52. The third kappa shape index (κ3) is 3.09. The lowest BCUT2D eigenvalue weighted by molar-refractivity contribution is 0.569. The van der Waals surface area contributed by atoms with Crippen LogP contribution in [0.15, 0.2) is 30.6 Å². The van der Waals surface area contributed by atoms with Gasteiger partial charge >= 0.3 is 0 Å². The van der Waals surface area contributed by atoms with Gasteiger partial charge in [0.15, 0.2) is 0 Å². The Labute approximate surface area is 111 Å².